The molecule has 3 heteroatoms. The van der Waals surface area contributed by atoms with Crippen LogP contribution in [0.1, 0.15) is 53.4 Å². The van der Waals surface area contributed by atoms with E-state index in [0.29, 0.717) is 12.1 Å². The summed E-state index contributed by atoms with van der Waals surface area (Å²) >= 11 is 0. The minimum absolute atomic E-state index is 0.397. The van der Waals surface area contributed by atoms with Crippen molar-refractivity contribution in [2.75, 3.05) is 26.2 Å². The molecule has 1 saturated carbocycles. The molecule has 2 aliphatic rings. The summed E-state index contributed by atoms with van der Waals surface area (Å²) in [6, 6.07) is 1.31. The van der Waals surface area contributed by atoms with E-state index in [0.717, 1.165) is 31.0 Å². The molecule has 118 valence electrons. The zero-order chi connectivity index (χ0) is 14.5. The first-order valence-corrected chi connectivity index (χ1v) is 8.69. The van der Waals surface area contributed by atoms with Crippen LogP contribution in [0, 0.1) is 11.8 Å². The van der Waals surface area contributed by atoms with Crippen LogP contribution in [0.4, 0.5) is 0 Å². The monoisotopic (exact) mass is 282 g/mol. The quantitative estimate of drug-likeness (QED) is 0.839. The molecule has 3 nitrogen and oxygen atoms in total. The molecule has 0 bridgehead atoms. The standard InChI is InChI=1S/C17H34N2O/c1-5-8-18-17-7-6-13(2)9-16(17)11-19-10-15(4)20-12-14(19)3/h13-18H,5-12H2,1-4H3. The summed E-state index contributed by atoms with van der Waals surface area (Å²) in [5.74, 6) is 1.71. The predicted molar refractivity (Wildman–Crippen MR) is 85.0 cm³/mol. The Hall–Kier alpha value is -0.120. The summed E-state index contributed by atoms with van der Waals surface area (Å²) in [7, 11) is 0. The topological polar surface area (TPSA) is 24.5 Å². The Balaban J connectivity index is 1.91. The van der Waals surface area contributed by atoms with Crippen molar-refractivity contribution in [3.8, 4) is 0 Å². The maximum atomic E-state index is 5.77. The molecule has 5 atom stereocenters. The van der Waals surface area contributed by atoms with E-state index in [4.69, 9.17) is 4.74 Å². The fraction of sp³-hybridized carbons (Fsp3) is 1.00. The molecule has 1 aliphatic heterocycles. The van der Waals surface area contributed by atoms with Crippen LogP contribution >= 0.6 is 0 Å². The zero-order valence-corrected chi connectivity index (χ0v) is 13.9. The van der Waals surface area contributed by atoms with Crippen LogP contribution in [0.15, 0.2) is 0 Å². The van der Waals surface area contributed by atoms with Gasteiger partial charge in [0.1, 0.15) is 0 Å². The molecule has 2 fully saturated rings. The van der Waals surface area contributed by atoms with Crippen molar-refractivity contribution in [1.29, 1.82) is 0 Å². The number of rotatable bonds is 5. The smallest absolute Gasteiger partial charge is 0.0674 e. The Morgan fingerprint density at radius 1 is 1.20 bits per heavy atom. The van der Waals surface area contributed by atoms with Gasteiger partial charge in [-0.15, -0.1) is 0 Å². The van der Waals surface area contributed by atoms with Gasteiger partial charge in [0, 0.05) is 25.2 Å². The van der Waals surface area contributed by atoms with Crippen LogP contribution in [0.5, 0.6) is 0 Å². The third-order valence-corrected chi connectivity index (χ3v) is 5.11. The number of nitrogens with zero attached hydrogens (tertiary/aromatic N) is 1. The fourth-order valence-corrected chi connectivity index (χ4v) is 3.83. The highest BCUT2D eigenvalue weighted by Gasteiger charge is 2.32. The van der Waals surface area contributed by atoms with Crippen LogP contribution < -0.4 is 5.32 Å². The van der Waals surface area contributed by atoms with Gasteiger partial charge in [0.15, 0.2) is 0 Å². The van der Waals surface area contributed by atoms with Crippen LogP contribution in [0.2, 0.25) is 0 Å². The molecule has 2 rings (SSSR count). The average Bonchev–Trinajstić information content (AvgIpc) is 2.42. The minimum Gasteiger partial charge on any atom is -0.376 e. The number of nitrogens with one attached hydrogen (secondary N) is 1. The van der Waals surface area contributed by atoms with Crippen LogP contribution in [-0.2, 0) is 4.74 Å². The van der Waals surface area contributed by atoms with Crippen LogP contribution in [0.25, 0.3) is 0 Å². The van der Waals surface area contributed by atoms with E-state index in [1.54, 1.807) is 0 Å². The first-order chi connectivity index (χ1) is 9.60. The van der Waals surface area contributed by atoms with Crippen LogP contribution in [0.3, 0.4) is 0 Å². The Morgan fingerprint density at radius 2 is 2.00 bits per heavy atom. The van der Waals surface area contributed by atoms with E-state index in [2.05, 4.69) is 37.9 Å². The number of morpholine rings is 1. The van der Waals surface area contributed by atoms with E-state index < -0.39 is 0 Å². The molecule has 1 saturated heterocycles. The van der Waals surface area contributed by atoms with Gasteiger partial charge in [-0.3, -0.25) is 4.90 Å². The number of hydrogen-bond donors (Lipinski definition) is 1. The molecule has 0 aromatic heterocycles. The van der Waals surface area contributed by atoms with Gasteiger partial charge in [0.25, 0.3) is 0 Å². The SMILES string of the molecule is CCCNC1CCC(C)CC1CN1CC(C)OCC1C. The normalized spacial score (nSPS) is 39.9. The molecule has 5 unspecified atom stereocenters. The van der Waals surface area contributed by atoms with Crippen molar-refractivity contribution in [2.24, 2.45) is 11.8 Å². The molecule has 0 aromatic carbocycles. The summed E-state index contributed by atoms with van der Waals surface area (Å²) in [6.07, 6.45) is 5.78. The molecule has 0 aromatic rings. The van der Waals surface area contributed by atoms with E-state index >= 15 is 0 Å². The second kappa shape index (κ2) is 7.77. The molecular formula is C17H34N2O. The van der Waals surface area contributed by atoms with Crippen molar-refractivity contribution in [3.05, 3.63) is 0 Å². The van der Waals surface area contributed by atoms with E-state index in [1.165, 1.54) is 38.8 Å². The van der Waals surface area contributed by atoms with Crippen molar-refractivity contribution in [1.82, 2.24) is 10.2 Å². The molecule has 1 heterocycles. The Labute approximate surface area is 125 Å². The van der Waals surface area contributed by atoms with Crippen LogP contribution in [-0.4, -0.2) is 49.3 Å². The molecule has 0 amide bonds. The van der Waals surface area contributed by atoms with Crippen molar-refractivity contribution in [2.45, 2.75) is 71.6 Å². The second-order valence-electron chi connectivity index (χ2n) is 7.19. The highest BCUT2D eigenvalue weighted by Crippen LogP contribution is 2.30. The fourth-order valence-electron chi connectivity index (χ4n) is 3.83. The Bertz CT molecular complexity index is 282. The molecule has 20 heavy (non-hydrogen) atoms. The summed E-state index contributed by atoms with van der Waals surface area (Å²) in [5, 5.41) is 3.80. The molecular weight excluding hydrogens is 248 g/mol. The first-order valence-electron chi connectivity index (χ1n) is 8.69. The summed E-state index contributed by atoms with van der Waals surface area (Å²) in [6.45, 7) is 13.6. The van der Waals surface area contributed by atoms with Gasteiger partial charge in [0.05, 0.1) is 12.7 Å². The lowest BCUT2D eigenvalue weighted by Gasteiger charge is -2.43. The molecule has 0 spiro atoms. The van der Waals surface area contributed by atoms with Gasteiger partial charge < -0.3 is 10.1 Å². The largest absolute Gasteiger partial charge is 0.376 e. The maximum absolute atomic E-state index is 5.77. The zero-order valence-electron chi connectivity index (χ0n) is 13.9. The number of hydrogen-bond acceptors (Lipinski definition) is 3. The highest BCUT2D eigenvalue weighted by molar-refractivity contribution is 4.87. The van der Waals surface area contributed by atoms with Crippen molar-refractivity contribution in [3.63, 3.8) is 0 Å². The summed E-state index contributed by atoms with van der Waals surface area (Å²) in [5.41, 5.74) is 0. The van der Waals surface area contributed by atoms with E-state index in [-0.39, 0.29) is 0 Å². The van der Waals surface area contributed by atoms with Gasteiger partial charge in [-0.2, -0.15) is 0 Å². The van der Waals surface area contributed by atoms with Gasteiger partial charge >= 0.3 is 0 Å². The molecule has 0 radical (unpaired) electrons. The lowest BCUT2D eigenvalue weighted by atomic mass is 9.78. The third kappa shape index (κ3) is 4.44. The average molecular weight is 282 g/mol. The van der Waals surface area contributed by atoms with E-state index in [9.17, 15) is 0 Å². The highest BCUT2D eigenvalue weighted by atomic mass is 16.5. The molecule has 1 aliphatic carbocycles. The molecule has 1 N–H and O–H groups in total. The minimum atomic E-state index is 0.397. The van der Waals surface area contributed by atoms with Crippen molar-refractivity contribution < 1.29 is 4.74 Å². The van der Waals surface area contributed by atoms with Gasteiger partial charge in [0.2, 0.25) is 0 Å². The second-order valence-corrected chi connectivity index (χ2v) is 7.19. The first kappa shape index (κ1) is 16.3. The third-order valence-electron chi connectivity index (χ3n) is 5.11. The van der Waals surface area contributed by atoms with Crippen molar-refractivity contribution >= 4 is 0 Å². The summed E-state index contributed by atoms with van der Waals surface area (Å²) < 4.78 is 5.77. The lowest BCUT2D eigenvalue weighted by molar-refractivity contribution is -0.0583. The lowest BCUT2D eigenvalue weighted by Crippen LogP contribution is -2.52. The predicted octanol–water partition coefficient (Wildman–Crippen LogP) is 2.90. The van der Waals surface area contributed by atoms with Gasteiger partial charge in [-0.05, 0) is 57.9 Å². The summed E-state index contributed by atoms with van der Waals surface area (Å²) in [4.78, 5) is 2.66. The Kier molecular flexibility index (Phi) is 6.31. The van der Waals surface area contributed by atoms with E-state index in [1.807, 2.05) is 0 Å². The maximum Gasteiger partial charge on any atom is 0.0674 e. The Morgan fingerprint density at radius 3 is 2.75 bits per heavy atom. The number of ether oxygens (including phenoxy) is 1. The van der Waals surface area contributed by atoms with Gasteiger partial charge in [-0.25, -0.2) is 0 Å². The van der Waals surface area contributed by atoms with Gasteiger partial charge in [-0.1, -0.05) is 13.8 Å².